The van der Waals surface area contributed by atoms with Crippen LogP contribution >= 0.6 is 0 Å². The van der Waals surface area contributed by atoms with Gasteiger partial charge in [-0.3, -0.25) is 4.90 Å². The van der Waals surface area contributed by atoms with Gasteiger partial charge in [-0.15, -0.1) is 15.3 Å². The molecular weight excluding hydrogens is 330 g/mol. The molecule has 9 nitrogen and oxygen atoms in total. The second-order valence-corrected chi connectivity index (χ2v) is 6.84. The van der Waals surface area contributed by atoms with Crippen molar-refractivity contribution in [2.75, 3.05) is 49.1 Å². The third-order valence-corrected chi connectivity index (χ3v) is 5.26. The van der Waals surface area contributed by atoms with E-state index in [0.717, 1.165) is 62.5 Å². The summed E-state index contributed by atoms with van der Waals surface area (Å²) in [6.45, 7) is 8.01. The van der Waals surface area contributed by atoms with Gasteiger partial charge in [0.15, 0.2) is 11.5 Å². The molecule has 0 amide bonds. The molecule has 0 spiro atoms. The highest BCUT2D eigenvalue weighted by molar-refractivity contribution is 5.48. The van der Waals surface area contributed by atoms with Gasteiger partial charge in [0.2, 0.25) is 5.95 Å². The highest BCUT2D eigenvalue weighted by Crippen LogP contribution is 2.23. The Hall–Kier alpha value is -2.81. The van der Waals surface area contributed by atoms with Crippen molar-refractivity contribution in [3.05, 3.63) is 36.4 Å². The molecule has 0 unspecified atom stereocenters. The summed E-state index contributed by atoms with van der Waals surface area (Å²) in [6, 6.07) is 6.46. The topological polar surface area (TPSA) is 78.6 Å². The molecule has 0 atom stereocenters. The molecule has 0 aliphatic carbocycles. The number of hydrogen-bond acceptors (Lipinski definition) is 8. The van der Waals surface area contributed by atoms with Crippen molar-refractivity contribution >= 4 is 17.4 Å². The van der Waals surface area contributed by atoms with E-state index in [9.17, 15) is 0 Å². The second kappa shape index (κ2) is 6.17. The molecule has 2 saturated heterocycles. The lowest BCUT2D eigenvalue weighted by Gasteiger charge is -2.48. The lowest BCUT2D eigenvalue weighted by Crippen LogP contribution is -2.63. The van der Waals surface area contributed by atoms with Gasteiger partial charge in [0, 0.05) is 57.7 Å². The Labute approximate surface area is 151 Å². The fraction of sp³-hybridized carbons (Fsp3) is 0.471. The van der Waals surface area contributed by atoms with Crippen LogP contribution in [0.5, 0.6) is 0 Å². The van der Waals surface area contributed by atoms with Gasteiger partial charge in [0.1, 0.15) is 5.82 Å². The number of nitrogens with zero attached hydrogens (tertiary/aromatic N) is 9. The predicted octanol–water partition coefficient (Wildman–Crippen LogP) is 0.234. The maximum Gasteiger partial charge on any atom is 0.225 e. The number of anilines is 2. The molecular formula is C17H21N9. The fourth-order valence-electron chi connectivity index (χ4n) is 3.67. The van der Waals surface area contributed by atoms with Crippen LogP contribution in [0.15, 0.2) is 30.6 Å². The molecule has 0 aromatic carbocycles. The van der Waals surface area contributed by atoms with E-state index < -0.39 is 0 Å². The Morgan fingerprint density at radius 2 is 1.69 bits per heavy atom. The molecule has 3 aromatic rings. The van der Waals surface area contributed by atoms with Crippen molar-refractivity contribution in [1.29, 1.82) is 0 Å². The van der Waals surface area contributed by atoms with Crippen LogP contribution in [0.2, 0.25) is 0 Å². The molecule has 0 N–H and O–H groups in total. The van der Waals surface area contributed by atoms with E-state index in [1.165, 1.54) is 0 Å². The third-order valence-electron chi connectivity index (χ3n) is 5.26. The van der Waals surface area contributed by atoms with E-state index in [0.29, 0.717) is 6.04 Å². The van der Waals surface area contributed by atoms with Crippen molar-refractivity contribution in [2.45, 2.75) is 13.0 Å². The van der Waals surface area contributed by atoms with E-state index in [-0.39, 0.29) is 0 Å². The molecule has 0 bridgehead atoms. The standard InChI is InChI=1S/C17H21N9/c1-13-20-21-15-3-4-16(22-26(13)15)25-11-14(12-25)23-7-9-24(10-8-23)17-18-5-2-6-19-17/h2-6,14H,7-12H2,1H3. The summed E-state index contributed by atoms with van der Waals surface area (Å²) in [6.07, 6.45) is 3.61. The Morgan fingerprint density at radius 3 is 2.46 bits per heavy atom. The molecule has 3 aromatic heterocycles. The minimum atomic E-state index is 0.591. The third kappa shape index (κ3) is 2.64. The van der Waals surface area contributed by atoms with Crippen LogP contribution in [-0.4, -0.2) is 80.0 Å². The average molecular weight is 351 g/mol. The van der Waals surface area contributed by atoms with Crippen LogP contribution in [0.1, 0.15) is 5.82 Å². The van der Waals surface area contributed by atoms with Gasteiger partial charge in [0.25, 0.3) is 0 Å². The smallest absolute Gasteiger partial charge is 0.225 e. The van der Waals surface area contributed by atoms with Crippen molar-refractivity contribution in [3.63, 3.8) is 0 Å². The van der Waals surface area contributed by atoms with Crippen LogP contribution < -0.4 is 9.80 Å². The largest absolute Gasteiger partial charge is 0.352 e. The second-order valence-electron chi connectivity index (χ2n) is 6.84. The molecule has 26 heavy (non-hydrogen) atoms. The summed E-state index contributed by atoms with van der Waals surface area (Å²) in [5.74, 6) is 2.65. The minimum Gasteiger partial charge on any atom is -0.352 e. The summed E-state index contributed by atoms with van der Waals surface area (Å²) in [4.78, 5) is 15.9. The Morgan fingerprint density at radius 1 is 0.923 bits per heavy atom. The first-order chi connectivity index (χ1) is 12.8. The van der Waals surface area contributed by atoms with E-state index >= 15 is 0 Å². The SMILES string of the molecule is Cc1nnc2ccc(N3CC(N4CCN(c5ncccn5)CC4)C3)nn12. The number of piperazine rings is 1. The van der Waals surface area contributed by atoms with Crippen molar-refractivity contribution in [1.82, 2.24) is 34.7 Å². The van der Waals surface area contributed by atoms with Crippen LogP contribution in [0.3, 0.4) is 0 Å². The molecule has 5 rings (SSSR count). The van der Waals surface area contributed by atoms with Gasteiger partial charge in [-0.1, -0.05) is 0 Å². The molecule has 134 valence electrons. The first kappa shape index (κ1) is 15.4. The van der Waals surface area contributed by atoms with Crippen LogP contribution in [-0.2, 0) is 0 Å². The highest BCUT2D eigenvalue weighted by atomic mass is 15.4. The van der Waals surface area contributed by atoms with Crippen molar-refractivity contribution in [3.8, 4) is 0 Å². The van der Waals surface area contributed by atoms with E-state index in [1.807, 2.05) is 25.1 Å². The summed E-state index contributed by atoms with van der Waals surface area (Å²) in [5, 5.41) is 12.8. The van der Waals surface area contributed by atoms with Gasteiger partial charge in [0.05, 0.1) is 0 Å². The van der Waals surface area contributed by atoms with Gasteiger partial charge in [-0.25, -0.2) is 9.97 Å². The Balaban J connectivity index is 1.19. The van der Waals surface area contributed by atoms with Crippen LogP contribution in [0.25, 0.3) is 5.65 Å². The molecule has 0 radical (unpaired) electrons. The molecule has 2 aliphatic heterocycles. The number of hydrogen-bond donors (Lipinski definition) is 0. The summed E-state index contributed by atoms with van der Waals surface area (Å²) < 4.78 is 1.81. The van der Waals surface area contributed by atoms with Crippen LogP contribution in [0, 0.1) is 6.92 Å². The van der Waals surface area contributed by atoms with E-state index in [4.69, 9.17) is 0 Å². The maximum atomic E-state index is 4.66. The van der Waals surface area contributed by atoms with Gasteiger partial charge < -0.3 is 9.80 Å². The lowest BCUT2D eigenvalue weighted by atomic mass is 10.1. The Kier molecular flexibility index (Phi) is 3.66. The molecule has 0 saturated carbocycles. The molecule has 2 fully saturated rings. The first-order valence-corrected chi connectivity index (χ1v) is 8.98. The summed E-state index contributed by atoms with van der Waals surface area (Å²) in [5.41, 5.74) is 0.794. The summed E-state index contributed by atoms with van der Waals surface area (Å²) in [7, 11) is 0. The number of rotatable bonds is 3. The van der Waals surface area contributed by atoms with Gasteiger partial charge in [-0.2, -0.15) is 4.52 Å². The van der Waals surface area contributed by atoms with E-state index in [2.05, 4.69) is 40.0 Å². The average Bonchev–Trinajstić information content (AvgIpc) is 3.03. The highest BCUT2D eigenvalue weighted by Gasteiger charge is 2.34. The predicted molar refractivity (Wildman–Crippen MR) is 97.3 cm³/mol. The molecule has 2 aliphatic rings. The zero-order valence-electron chi connectivity index (χ0n) is 14.7. The van der Waals surface area contributed by atoms with Gasteiger partial charge >= 0.3 is 0 Å². The number of fused-ring (bicyclic) bond motifs is 1. The monoisotopic (exact) mass is 351 g/mol. The van der Waals surface area contributed by atoms with E-state index in [1.54, 1.807) is 16.9 Å². The Bertz CT molecular complexity index is 895. The van der Waals surface area contributed by atoms with Crippen molar-refractivity contribution in [2.24, 2.45) is 0 Å². The molecule has 9 heteroatoms. The quantitative estimate of drug-likeness (QED) is 0.664. The zero-order chi connectivity index (χ0) is 17.5. The maximum absolute atomic E-state index is 4.66. The number of aryl methyl sites for hydroxylation is 1. The number of aromatic nitrogens is 6. The normalized spacial score (nSPS) is 19.1. The fourth-order valence-corrected chi connectivity index (χ4v) is 3.67. The summed E-state index contributed by atoms with van der Waals surface area (Å²) >= 11 is 0. The lowest BCUT2D eigenvalue weighted by molar-refractivity contribution is 0.156. The van der Waals surface area contributed by atoms with Gasteiger partial charge in [-0.05, 0) is 25.1 Å². The first-order valence-electron chi connectivity index (χ1n) is 8.98. The minimum absolute atomic E-state index is 0.591. The van der Waals surface area contributed by atoms with Crippen molar-refractivity contribution < 1.29 is 0 Å². The molecule has 5 heterocycles. The zero-order valence-corrected chi connectivity index (χ0v) is 14.7. The van der Waals surface area contributed by atoms with Crippen LogP contribution in [0.4, 0.5) is 11.8 Å².